The number of nitrogens with one attached hydrogen (secondary N) is 1. The van der Waals surface area contributed by atoms with E-state index in [1.54, 1.807) is 11.4 Å². The van der Waals surface area contributed by atoms with Crippen molar-refractivity contribution in [2.45, 2.75) is 37.3 Å². The van der Waals surface area contributed by atoms with Gasteiger partial charge in [-0.05, 0) is 29.5 Å². The molecule has 0 atom stereocenters. The second-order valence-corrected chi connectivity index (χ2v) is 7.50. The van der Waals surface area contributed by atoms with E-state index in [1.165, 1.54) is 12.1 Å². The van der Waals surface area contributed by atoms with Crippen LogP contribution in [0.25, 0.3) is 0 Å². The average Bonchev–Trinajstić information content (AvgIpc) is 2.36. The molecule has 0 aliphatic heterocycles. The van der Waals surface area contributed by atoms with Gasteiger partial charge in [0.1, 0.15) is 0 Å². The van der Waals surface area contributed by atoms with Gasteiger partial charge in [0.05, 0.1) is 4.90 Å². The molecule has 0 aliphatic carbocycles. The van der Waals surface area contributed by atoms with Gasteiger partial charge in [0.15, 0.2) is 0 Å². The molecule has 0 radical (unpaired) electrons. The highest BCUT2D eigenvalue weighted by atomic mass is 35.7. The van der Waals surface area contributed by atoms with Crippen molar-refractivity contribution in [3.8, 4) is 0 Å². The highest BCUT2D eigenvalue weighted by molar-refractivity contribution is 8.13. The van der Waals surface area contributed by atoms with Crippen molar-refractivity contribution in [3.05, 3.63) is 29.3 Å². The van der Waals surface area contributed by atoms with Gasteiger partial charge in [-0.15, -0.1) is 0 Å². The summed E-state index contributed by atoms with van der Waals surface area (Å²) in [5.41, 5.74) is 0.990. The highest BCUT2D eigenvalue weighted by Gasteiger charge is 2.38. The molecule has 0 saturated heterocycles. The maximum atomic E-state index is 12.1. The molecule has 1 rings (SSSR count). The zero-order valence-electron chi connectivity index (χ0n) is 11.9. The number of halogens is 4. The number of hydrogen-bond donors (Lipinski definition) is 1. The van der Waals surface area contributed by atoms with Gasteiger partial charge in [-0.25, -0.2) is 8.42 Å². The van der Waals surface area contributed by atoms with Crippen LogP contribution >= 0.6 is 10.7 Å². The second-order valence-electron chi connectivity index (χ2n) is 4.96. The quantitative estimate of drug-likeness (QED) is 0.824. The molecule has 124 valence electrons. The molecule has 0 spiro atoms. The van der Waals surface area contributed by atoms with Gasteiger partial charge < -0.3 is 5.32 Å². The van der Waals surface area contributed by atoms with E-state index in [0.29, 0.717) is 0 Å². The summed E-state index contributed by atoms with van der Waals surface area (Å²) in [5.74, 6) is -2.00. The largest absolute Gasteiger partial charge is 0.471 e. The molecule has 1 amide bonds. The van der Waals surface area contributed by atoms with Crippen LogP contribution in [0.5, 0.6) is 0 Å². The lowest BCUT2D eigenvalue weighted by molar-refractivity contribution is -0.173. The van der Waals surface area contributed by atoms with Crippen molar-refractivity contribution in [1.29, 1.82) is 0 Å². The van der Waals surface area contributed by atoms with Crippen LogP contribution in [0.2, 0.25) is 0 Å². The van der Waals surface area contributed by atoms with Gasteiger partial charge in [-0.2, -0.15) is 13.2 Å². The first-order chi connectivity index (χ1) is 9.93. The third-order valence-electron chi connectivity index (χ3n) is 2.96. The standard InChI is InChI=1S/C13H15ClF3NO3S/c1-8(2)10-4-3-9(11(7-10)22(14,20)21)5-6-18-12(19)13(15,16)17/h3-4,7-8H,5-6H2,1-2H3,(H,18,19). The number of amides is 1. The van der Waals surface area contributed by atoms with E-state index in [1.807, 2.05) is 13.8 Å². The Bertz CT molecular complexity index is 657. The fraction of sp³-hybridized carbons (Fsp3) is 0.462. The molecule has 0 unspecified atom stereocenters. The first-order valence-corrected chi connectivity index (χ1v) is 8.66. The summed E-state index contributed by atoms with van der Waals surface area (Å²) in [6.45, 7) is 3.38. The van der Waals surface area contributed by atoms with E-state index in [2.05, 4.69) is 0 Å². The molecule has 9 heteroatoms. The first kappa shape index (κ1) is 18.8. The van der Waals surface area contributed by atoms with Crippen LogP contribution < -0.4 is 5.32 Å². The molecule has 22 heavy (non-hydrogen) atoms. The van der Waals surface area contributed by atoms with Gasteiger partial charge in [0.2, 0.25) is 0 Å². The molecule has 0 heterocycles. The number of hydrogen-bond acceptors (Lipinski definition) is 3. The monoisotopic (exact) mass is 357 g/mol. The maximum absolute atomic E-state index is 12.1. The zero-order chi connectivity index (χ0) is 17.1. The van der Waals surface area contributed by atoms with Crippen molar-refractivity contribution < 1.29 is 26.4 Å². The van der Waals surface area contributed by atoms with Crippen LogP contribution in [0.15, 0.2) is 23.1 Å². The molecule has 0 aliphatic rings. The third kappa shape index (κ3) is 5.17. The van der Waals surface area contributed by atoms with Gasteiger partial charge in [-0.3, -0.25) is 4.79 Å². The molecular formula is C13H15ClF3NO3S. The summed E-state index contributed by atoms with van der Waals surface area (Å²) in [4.78, 5) is 10.5. The highest BCUT2D eigenvalue weighted by Crippen LogP contribution is 2.25. The van der Waals surface area contributed by atoms with E-state index in [9.17, 15) is 26.4 Å². The Labute approximate surface area is 131 Å². The van der Waals surface area contributed by atoms with Crippen molar-refractivity contribution in [1.82, 2.24) is 5.32 Å². The number of carbonyl (C=O) groups excluding carboxylic acids is 1. The van der Waals surface area contributed by atoms with Crippen LogP contribution in [-0.4, -0.2) is 27.0 Å². The van der Waals surface area contributed by atoms with Crippen LogP contribution in [0.1, 0.15) is 30.9 Å². The van der Waals surface area contributed by atoms with E-state index >= 15 is 0 Å². The van der Waals surface area contributed by atoms with E-state index in [-0.39, 0.29) is 29.3 Å². The summed E-state index contributed by atoms with van der Waals surface area (Å²) < 4.78 is 59.3. The van der Waals surface area contributed by atoms with Crippen molar-refractivity contribution >= 4 is 25.6 Å². The Balaban J connectivity index is 2.94. The number of alkyl halides is 3. The summed E-state index contributed by atoms with van der Waals surface area (Å²) in [6.07, 6.45) is -5.05. The van der Waals surface area contributed by atoms with Crippen molar-refractivity contribution in [2.24, 2.45) is 0 Å². The molecule has 1 aromatic rings. The normalized spacial score (nSPS) is 12.5. The number of rotatable bonds is 5. The molecule has 0 saturated carbocycles. The minimum atomic E-state index is -4.97. The van der Waals surface area contributed by atoms with Gasteiger partial charge in [0, 0.05) is 17.2 Å². The fourth-order valence-electron chi connectivity index (χ4n) is 1.77. The zero-order valence-corrected chi connectivity index (χ0v) is 13.4. The Morgan fingerprint density at radius 1 is 1.32 bits per heavy atom. The van der Waals surface area contributed by atoms with E-state index in [0.717, 1.165) is 5.56 Å². The predicted molar refractivity (Wildman–Crippen MR) is 76.3 cm³/mol. The van der Waals surface area contributed by atoms with Crippen LogP contribution in [-0.2, 0) is 20.3 Å². The Morgan fingerprint density at radius 3 is 2.36 bits per heavy atom. The smallest absolute Gasteiger partial charge is 0.348 e. The molecule has 0 bridgehead atoms. The van der Waals surface area contributed by atoms with Crippen LogP contribution in [0.3, 0.4) is 0 Å². The molecule has 1 aromatic carbocycles. The third-order valence-corrected chi connectivity index (χ3v) is 4.36. The minimum Gasteiger partial charge on any atom is -0.348 e. The fourth-order valence-corrected chi connectivity index (χ4v) is 2.97. The number of carbonyl (C=O) groups is 1. The lowest BCUT2D eigenvalue weighted by Gasteiger charge is -2.12. The molecule has 1 N–H and O–H groups in total. The Morgan fingerprint density at radius 2 is 1.91 bits per heavy atom. The Kier molecular flexibility index (Phi) is 5.86. The van der Waals surface area contributed by atoms with Gasteiger partial charge >= 0.3 is 12.1 Å². The van der Waals surface area contributed by atoms with E-state index in [4.69, 9.17) is 10.7 Å². The summed E-state index contributed by atoms with van der Waals surface area (Å²) >= 11 is 0. The average molecular weight is 358 g/mol. The summed E-state index contributed by atoms with van der Waals surface area (Å²) in [6, 6.07) is 4.56. The maximum Gasteiger partial charge on any atom is 0.471 e. The summed E-state index contributed by atoms with van der Waals surface area (Å²) in [7, 11) is 1.33. The second kappa shape index (κ2) is 6.87. The van der Waals surface area contributed by atoms with Crippen molar-refractivity contribution in [3.63, 3.8) is 0 Å². The molecular weight excluding hydrogens is 343 g/mol. The number of benzene rings is 1. The van der Waals surface area contributed by atoms with Gasteiger partial charge in [-0.1, -0.05) is 26.0 Å². The van der Waals surface area contributed by atoms with Crippen LogP contribution in [0, 0.1) is 0 Å². The predicted octanol–water partition coefficient (Wildman–Crippen LogP) is 2.96. The lowest BCUT2D eigenvalue weighted by Crippen LogP contribution is -2.37. The SMILES string of the molecule is CC(C)c1ccc(CCNC(=O)C(F)(F)F)c(S(=O)(=O)Cl)c1. The van der Waals surface area contributed by atoms with Crippen molar-refractivity contribution in [2.75, 3.05) is 6.54 Å². The lowest BCUT2D eigenvalue weighted by atomic mass is 10.0. The van der Waals surface area contributed by atoms with Gasteiger partial charge in [0.25, 0.3) is 9.05 Å². The molecule has 0 aromatic heterocycles. The molecule has 4 nitrogen and oxygen atoms in total. The summed E-state index contributed by atoms with van der Waals surface area (Å²) in [5, 5.41) is 1.69. The molecule has 0 fully saturated rings. The topological polar surface area (TPSA) is 63.2 Å². The first-order valence-electron chi connectivity index (χ1n) is 6.35. The minimum absolute atomic E-state index is 0.0659. The van der Waals surface area contributed by atoms with E-state index < -0.39 is 21.1 Å². The Hall–Kier alpha value is -1.28. The van der Waals surface area contributed by atoms with Crippen LogP contribution in [0.4, 0.5) is 13.2 Å².